The zero-order valence-corrected chi connectivity index (χ0v) is 22.3. The first-order valence-electron chi connectivity index (χ1n) is 10.8. The Hall–Kier alpha value is -0.600. The number of piperidine rings is 1. The number of nitrogens with one attached hydrogen (secondary N) is 1. The maximum Gasteiger partial charge on any atom is 0.214 e. The molecule has 0 bridgehead atoms. The monoisotopic (exact) mass is 588 g/mol. The van der Waals surface area contributed by atoms with Crippen molar-refractivity contribution in [2.75, 3.05) is 18.8 Å². The number of allylic oxidation sites excluding steroid dienone is 4. The van der Waals surface area contributed by atoms with Gasteiger partial charge in [0.2, 0.25) is 10.0 Å². The van der Waals surface area contributed by atoms with Crippen LogP contribution in [0.25, 0.3) is 5.57 Å². The maximum absolute atomic E-state index is 12.7. The summed E-state index contributed by atoms with van der Waals surface area (Å²) in [5.74, 6) is 0.533. The number of benzene rings is 1. The van der Waals surface area contributed by atoms with E-state index < -0.39 is 10.0 Å². The Morgan fingerprint density at radius 3 is 2.65 bits per heavy atom. The molecular weight excluding hydrogens is 564 g/mol. The van der Waals surface area contributed by atoms with Gasteiger partial charge in [0.25, 0.3) is 0 Å². The van der Waals surface area contributed by atoms with Crippen molar-refractivity contribution in [1.29, 1.82) is 0 Å². The number of rotatable bonds is 5. The molecule has 1 N–H and O–H groups in total. The largest absolute Gasteiger partial charge is 0.360 e. The van der Waals surface area contributed by atoms with E-state index >= 15 is 0 Å². The second kappa shape index (κ2) is 9.72. The molecule has 0 amide bonds. The fourth-order valence-corrected chi connectivity index (χ4v) is 7.93. The highest BCUT2D eigenvalue weighted by Crippen LogP contribution is 2.45. The molecule has 1 aliphatic carbocycles. The summed E-state index contributed by atoms with van der Waals surface area (Å²) >= 11 is 13.8. The van der Waals surface area contributed by atoms with Crippen LogP contribution < -0.4 is 5.32 Å². The minimum Gasteiger partial charge on any atom is -0.360 e. The molecule has 0 radical (unpaired) electrons. The van der Waals surface area contributed by atoms with E-state index in [1.54, 1.807) is 4.31 Å². The quantitative estimate of drug-likeness (QED) is 0.434. The average molecular weight is 591 g/mol. The Morgan fingerprint density at radius 1 is 1.19 bits per heavy atom. The molecule has 3 aliphatic rings. The molecule has 1 aromatic rings. The molecule has 168 valence electrons. The lowest BCUT2D eigenvalue weighted by molar-refractivity contribution is 0.310. The smallest absolute Gasteiger partial charge is 0.214 e. The molecule has 4 rings (SSSR count). The average Bonchev–Trinajstić information content (AvgIpc) is 2.89. The molecule has 0 saturated carbocycles. The van der Waals surface area contributed by atoms with E-state index in [2.05, 4.69) is 49.3 Å². The van der Waals surface area contributed by atoms with Crippen molar-refractivity contribution in [1.82, 2.24) is 9.62 Å². The second-order valence-corrected chi connectivity index (χ2v) is 12.7. The standard InChI is InChI=1S/C23H27Br2ClN2O2S/c1-2-3-10-31(29,30)28-8-6-15(7-9-28)22-21-16(12-19(26)13-20(21)25)4-5-17-11-18(24)14-27-23(17)22/h11-15,27H,2-10H2,1H3. The van der Waals surface area contributed by atoms with Gasteiger partial charge in [-0.25, -0.2) is 12.7 Å². The van der Waals surface area contributed by atoms with Crippen molar-refractivity contribution in [3.8, 4) is 0 Å². The molecule has 1 aromatic carbocycles. The Kier molecular flexibility index (Phi) is 7.38. The zero-order chi connectivity index (χ0) is 22.2. The fourth-order valence-electron chi connectivity index (χ4n) is 4.77. The van der Waals surface area contributed by atoms with Crippen molar-refractivity contribution >= 4 is 59.1 Å². The third-order valence-electron chi connectivity index (χ3n) is 6.34. The summed E-state index contributed by atoms with van der Waals surface area (Å²) in [6.07, 6.45) is 9.27. The van der Waals surface area contributed by atoms with Crippen LogP contribution in [0.5, 0.6) is 0 Å². The van der Waals surface area contributed by atoms with Crippen LogP contribution in [0.4, 0.5) is 0 Å². The minimum atomic E-state index is -3.16. The SMILES string of the molecule is CCCCS(=O)(=O)N1CCC(C2=C3NC=C(Br)C=C3CCc3cc(Cl)cc(Br)c32)CC1. The molecule has 31 heavy (non-hydrogen) atoms. The number of aryl methyl sites for hydroxylation is 1. The zero-order valence-electron chi connectivity index (χ0n) is 17.6. The number of unbranched alkanes of at least 4 members (excludes halogenated alkanes) is 1. The lowest BCUT2D eigenvalue weighted by Gasteiger charge is -2.34. The summed E-state index contributed by atoms with van der Waals surface area (Å²) in [5, 5.41) is 4.26. The van der Waals surface area contributed by atoms with Crippen LogP contribution in [0.1, 0.15) is 50.2 Å². The molecule has 2 heterocycles. The topological polar surface area (TPSA) is 49.4 Å². The van der Waals surface area contributed by atoms with E-state index in [-0.39, 0.29) is 11.7 Å². The Morgan fingerprint density at radius 2 is 1.94 bits per heavy atom. The number of hydrogen-bond acceptors (Lipinski definition) is 3. The summed E-state index contributed by atoms with van der Waals surface area (Å²) in [6, 6.07) is 4.04. The van der Waals surface area contributed by atoms with Gasteiger partial charge in [0.15, 0.2) is 0 Å². The highest BCUT2D eigenvalue weighted by molar-refractivity contribution is 9.12. The summed E-state index contributed by atoms with van der Waals surface area (Å²) in [4.78, 5) is 0. The first-order chi connectivity index (χ1) is 14.8. The number of nitrogens with zero attached hydrogens (tertiary/aromatic N) is 1. The number of fused-ring (bicyclic) bond motifs is 2. The third kappa shape index (κ3) is 5.01. The highest BCUT2D eigenvalue weighted by atomic mass is 79.9. The van der Waals surface area contributed by atoms with Crippen molar-refractivity contribution < 1.29 is 8.42 Å². The van der Waals surface area contributed by atoms with Crippen molar-refractivity contribution in [3.05, 3.63) is 60.8 Å². The summed E-state index contributed by atoms with van der Waals surface area (Å²) in [5.41, 5.74) is 6.19. The van der Waals surface area contributed by atoms with Crippen LogP contribution in [0.15, 0.2) is 44.6 Å². The van der Waals surface area contributed by atoms with E-state index in [1.807, 2.05) is 19.2 Å². The number of hydrogen-bond donors (Lipinski definition) is 1. The van der Waals surface area contributed by atoms with Crippen LogP contribution in [0.2, 0.25) is 5.02 Å². The van der Waals surface area contributed by atoms with Gasteiger partial charge in [-0.1, -0.05) is 40.9 Å². The third-order valence-corrected chi connectivity index (χ3v) is 9.60. The minimum absolute atomic E-state index is 0.252. The lowest BCUT2D eigenvalue weighted by Crippen LogP contribution is -2.40. The Balaban J connectivity index is 1.70. The van der Waals surface area contributed by atoms with Gasteiger partial charge in [0, 0.05) is 39.0 Å². The lowest BCUT2D eigenvalue weighted by atomic mass is 9.82. The van der Waals surface area contributed by atoms with E-state index in [0.717, 1.165) is 58.2 Å². The van der Waals surface area contributed by atoms with E-state index in [0.29, 0.717) is 13.1 Å². The van der Waals surface area contributed by atoms with Crippen LogP contribution >= 0.6 is 43.5 Å². The van der Waals surface area contributed by atoms with Gasteiger partial charge in [-0.15, -0.1) is 0 Å². The van der Waals surface area contributed by atoms with Crippen LogP contribution in [-0.2, 0) is 16.4 Å². The predicted molar refractivity (Wildman–Crippen MR) is 136 cm³/mol. The Bertz CT molecular complexity index is 1070. The van der Waals surface area contributed by atoms with E-state index in [9.17, 15) is 8.42 Å². The fraction of sp³-hybridized carbons (Fsp3) is 0.478. The van der Waals surface area contributed by atoms with E-state index in [4.69, 9.17) is 11.6 Å². The molecule has 0 spiro atoms. The highest BCUT2D eigenvalue weighted by Gasteiger charge is 2.34. The maximum atomic E-state index is 12.7. The number of halogens is 3. The second-order valence-electron chi connectivity index (χ2n) is 8.40. The molecular formula is C23H27Br2ClN2O2S. The summed E-state index contributed by atoms with van der Waals surface area (Å²) in [7, 11) is -3.16. The Labute approximate surface area is 207 Å². The van der Waals surface area contributed by atoms with Crippen molar-refractivity contribution in [3.63, 3.8) is 0 Å². The van der Waals surface area contributed by atoms with Gasteiger partial charge in [0.1, 0.15) is 0 Å². The molecule has 0 aromatic heterocycles. The van der Waals surface area contributed by atoms with Gasteiger partial charge in [-0.2, -0.15) is 0 Å². The van der Waals surface area contributed by atoms with Crippen LogP contribution in [0, 0.1) is 5.92 Å². The first-order valence-corrected chi connectivity index (χ1v) is 14.4. The molecule has 4 nitrogen and oxygen atoms in total. The molecule has 8 heteroatoms. The number of dihydropyridines is 1. The molecule has 0 atom stereocenters. The van der Waals surface area contributed by atoms with Gasteiger partial charge in [0.05, 0.1) is 5.75 Å². The van der Waals surface area contributed by atoms with Crippen molar-refractivity contribution in [2.24, 2.45) is 5.92 Å². The summed E-state index contributed by atoms with van der Waals surface area (Å²) in [6.45, 7) is 3.18. The summed E-state index contributed by atoms with van der Waals surface area (Å²) < 4.78 is 29.1. The van der Waals surface area contributed by atoms with Gasteiger partial charge in [-0.05, 0) is 94.4 Å². The molecule has 1 fully saturated rings. The van der Waals surface area contributed by atoms with E-state index in [1.165, 1.54) is 22.3 Å². The van der Waals surface area contributed by atoms with Crippen LogP contribution in [-0.4, -0.2) is 31.6 Å². The molecule has 0 unspecified atom stereocenters. The van der Waals surface area contributed by atoms with Gasteiger partial charge in [-0.3, -0.25) is 0 Å². The molecule has 1 saturated heterocycles. The first kappa shape index (κ1) is 23.6. The van der Waals surface area contributed by atoms with Gasteiger partial charge < -0.3 is 5.32 Å². The number of sulfonamides is 1. The van der Waals surface area contributed by atoms with Gasteiger partial charge >= 0.3 is 0 Å². The predicted octanol–water partition coefficient (Wildman–Crippen LogP) is 6.37. The normalized spacial score (nSPS) is 20.4. The molecule has 2 aliphatic heterocycles. The van der Waals surface area contributed by atoms with Crippen LogP contribution in [0.3, 0.4) is 0 Å². The van der Waals surface area contributed by atoms with Crippen molar-refractivity contribution in [2.45, 2.75) is 45.4 Å².